The van der Waals surface area contributed by atoms with Gasteiger partial charge < -0.3 is 24.1 Å². The van der Waals surface area contributed by atoms with Crippen LogP contribution in [0.25, 0.3) is 5.69 Å². The summed E-state index contributed by atoms with van der Waals surface area (Å²) >= 11 is 5.93. The number of hydrogen-bond donors (Lipinski definition) is 1. The van der Waals surface area contributed by atoms with Gasteiger partial charge in [-0.25, -0.2) is 14.5 Å². The third-order valence-electron chi connectivity index (χ3n) is 6.85. The van der Waals surface area contributed by atoms with E-state index in [0.717, 1.165) is 12.1 Å². The monoisotopic (exact) mass is 644 g/mol. The average molecular weight is 645 g/mol. The molecule has 17 heteroatoms. The molecule has 1 N–H and O–H groups in total. The van der Waals surface area contributed by atoms with Crippen LogP contribution in [0.4, 0.5) is 38.0 Å². The molecule has 0 aliphatic carbocycles. The van der Waals surface area contributed by atoms with E-state index in [9.17, 15) is 31.1 Å². The first kappa shape index (κ1) is 31.0. The number of benzene rings is 2. The van der Waals surface area contributed by atoms with Crippen molar-refractivity contribution in [3.8, 4) is 17.2 Å². The fraction of sp³-hybridized carbons (Fsp3) is 0.333. The van der Waals surface area contributed by atoms with Gasteiger partial charge in [0, 0.05) is 43.3 Å². The van der Waals surface area contributed by atoms with Crippen LogP contribution in [0.3, 0.4) is 0 Å². The van der Waals surface area contributed by atoms with Crippen LogP contribution in [-0.4, -0.2) is 55.5 Å². The molecule has 3 heterocycles. The molecule has 0 amide bonds. The highest BCUT2D eigenvalue weighted by Crippen LogP contribution is 2.41. The Labute approximate surface area is 250 Å². The van der Waals surface area contributed by atoms with Gasteiger partial charge >= 0.3 is 18.5 Å². The highest BCUT2D eigenvalue weighted by molar-refractivity contribution is 6.29. The molecule has 0 unspecified atom stereocenters. The van der Waals surface area contributed by atoms with Gasteiger partial charge in [0.2, 0.25) is 5.95 Å². The number of fused-ring (bicyclic) bond motifs is 1. The van der Waals surface area contributed by atoms with E-state index in [1.54, 1.807) is 29.0 Å². The number of rotatable bonds is 7. The fourth-order valence-corrected chi connectivity index (χ4v) is 5.02. The summed E-state index contributed by atoms with van der Waals surface area (Å²) in [6.07, 6.45) is -7.23. The van der Waals surface area contributed by atoms with Gasteiger partial charge in [0.05, 0.1) is 12.8 Å². The lowest BCUT2D eigenvalue weighted by molar-refractivity contribution is -0.274. The maximum absolute atomic E-state index is 13.1. The molecule has 5 rings (SSSR count). The summed E-state index contributed by atoms with van der Waals surface area (Å²) in [5.41, 5.74) is -0.0299. The molecule has 44 heavy (non-hydrogen) atoms. The Kier molecular flexibility index (Phi) is 8.13. The van der Waals surface area contributed by atoms with Crippen molar-refractivity contribution in [1.82, 2.24) is 24.3 Å². The molecule has 234 valence electrons. The zero-order valence-corrected chi connectivity index (χ0v) is 23.7. The predicted molar refractivity (Wildman–Crippen MR) is 143 cm³/mol. The molecule has 4 aromatic rings. The van der Waals surface area contributed by atoms with Crippen LogP contribution in [0.1, 0.15) is 37.1 Å². The second kappa shape index (κ2) is 11.6. The van der Waals surface area contributed by atoms with Gasteiger partial charge in [0.1, 0.15) is 34.4 Å². The minimum Gasteiger partial charge on any atom is -0.494 e. The van der Waals surface area contributed by atoms with E-state index in [4.69, 9.17) is 21.1 Å². The molecule has 2 aromatic carbocycles. The molecule has 0 saturated carbocycles. The number of alkyl halides is 6. The van der Waals surface area contributed by atoms with Gasteiger partial charge in [-0.3, -0.25) is 0 Å². The maximum Gasteiger partial charge on any atom is 0.573 e. The number of imidazole rings is 1. The quantitative estimate of drug-likeness (QED) is 0.178. The number of halogens is 7. The summed E-state index contributed by atoms with van der Waals surface area (Å²) in [6.45, 7) is 1.39. The van der Waals surface area contributed by atoms with E-state index >= 15 is 0 Å². The van der Waals surface area contributed by atoms with Crippen LogP contribution in [0.5, 0.6) is 11.5 Å². The second-order valence-electron chi connectivity index (χ2n) is 10.1. The van der Waals surface area contributed by atoms with Crippen molar-refractivity contribution in [2.45, 2.75) is 50.4 Å². The normalized spacial score (nSPS) is 18.7. The van der Waals surface area contributed by atoms with Gasteiger partial charge in [-0.1, -0.05) is 23.7 Å². The lowest BCUT2D eigenvalue weighted by Gasteiger charge is -2.31. The average Bonchev–Trinajstić information content (AvgIpc) is 3.52. The van der Waals surface area contributed by atoms with Crippen molar-refractivity contribution in [1.29, 1.82) is 0 Å². The SMILES string of the molecule is COc1cc(Nc2nc3n(n2)CC[C@@](C)(OC(=O)C(F)(F)F)C[C@@H]3c2ccc(OC(F)(F)F)cc2)ccc1-n1cnc(Cl)c1. The maximum atomic E-state index is 13.1. The molecule has 2 aromatic heterocycles. The molecule has 0 radical (unpaired) electrons. The molecule has 0 fully saturated rings. The Morgan fingerprint density at radius 1 is 1.11 bits per heavy atom. The summed E-state index contributed by atoms with van der Waals surface area (Å²) in [5.74, 6) is -2.77. The van der Waals surface area contributed by atoms with Crippen LogP contribution in [0.2, 0.25) is 5.15 Å². The van der Waals surface area contributed by atoms with Gasteiger partial charge in [-0.05, 0) is 36.8 Å². The Bertz CT molecular complexity index is 1660. The zero-order valence-electron chi connectivity index (χ0n) is 22.9. The number of aryl methyl sites for hydroxylation is 1. The van der Waals surface area contributed by atoms with E-state index in [0.29, 0.717) is 33.7 Å². The Morgan fingerprint density at radius 3 is 2.45 bits per heavy atom. The van der Waals surface area contributed by atoms with Gasteiger partial charge in [0.25, 0.3) is 0 Å². The van der Waals surface area contributed by atoms with Crippen LogP contribution < -0.4 is 14.8 Å². The number of methoxy groups -OCH3 is 1. The van der Waals surface area contributed by atoms with Crippen molar-refractivity contribution in [3.63, 3.8) is 0 Å². The van der Waals surface area contributed by atoms with Crippen molar-refractivity contribution in [3.05, 3.63) is 71.5 Å². The van der Waals surface area contributed by atoms with Crippen molar-refractivity contribution in [2.75, 3.05) is 12.4 Å². The first-order valence-electron chi connectivity index (χ1n) is 12.9. The van der Waals surface area contributed by atoms with Crippen molar-refractivity contribution < 1.29 is 45.3 Å². The number of anilines is 2. The minimum atomic E-state index is -5.22. The summed E-state index contributed by atoms with van der Waals surface area (Å²) in [6, 6.07) is 9.97. The number of nitrogens with zero attached hydrogens (tertiary/aromatic N) is 5. The lowest BCUT2D eigenvalue weighted by Crippen LogP contribution is -2.39. The van der Waals surface area contributed by atoms with Crippen molar-refractivity contribution in [2.24, 2.45) is 0 Å². The third-order valence-corrected chi connectivity index (χ3v) is 7.05. The highest BCUT2D eigenvalue weighted by atomic mass is 35.5. The van der Waals surface area contributed by atoms with E-state index in [1.165, 1.54) is 37.2 Å². The number of ether oxygens (including phenoxy) is 3. The fourth-order valence-electron chi connectivity index (χ4n) is 4.87. The van der Waals surface area contributed by atoms with Gasteiger partial charge in [0.15, 0.2) is 0 Å². The number of carbonyl (C=O) groups excluding carboxylic acids is 1. The minimum absolute atomic E-state index is 0.0288. The summed E-state index contributed by atoms with van der Waals surface area (Å²) in [7, 11) is 1.48. The molecule has 0 spiro atoms. The Balaban J connectivity index is 1.46. The molecule has 0 saturated heterocycles. The van der Waals surface area contributed by atoms with E-state index in [2.05, 4.69) is 25.1 Å². The van der Waals surface area contributed by atoms with Crippen LogP contribution in [-0.2, 0) is 16.1 Å². The topological polar surface area (TPSA) is 105 Å². The lowest BCUT2D eigenvalue weighted by atomic mass is 9.85. The first-order chi connectivity index (χ1) is 20.6. The molecule has 1 aliphatic heterocycles. The molecule has 10 nitrogen and oxygen atoms in total. The van der Waals surface area contributed by atoms with Crippen LogP contribution in [0, 0.1) is 0 Å². The number of aromatic nitrogens is 5. The smallest absolute Gasteiger partial charge is 0.494 e. The number of carbonyl (C=O) groups is 1. The van der Waals surface area contributed by atoms with Gasteiger partial charge in [-0.15, -0.1) is 18.3 Å². The molecule has 1 aliphatic rings. The number of hydrogen-bond acceptors (Lipinski definition) is 8. The number of esters is 1. The summed E-state index contributed by atoms with van der Waals surface area (Å²) < 4.78 is 94.8. The van der Waals surface area contributed by atoms with Crippen LogP contribution in [0.15, 0.2) is 55.0 Å². The molecular formula is C27H23ClF6N6O4. The summed E-state index contributed by atoms with van der Waals surface area (Å²) in [5, 5.41) is 7.82. The van der Waals surface area contributed by atoms with E-state index in [-0.39, 0.29) is 25.3 Å². The Hall–Kier alpha value is -4.47. The zero-order chi connectivity index (χ0) is 31.9. The second-order valence-corrected chi connectivity index (χ2v) is 10.5. The van der Waals surface area contributed by atoms with E-state index < -0.39 is 35.8 Å². The summed E-state index contributed by atoms with van der Waals surface area (Å²) in [4.78, 5) is 20.3. The molecular weight excluding hydrogens is 622 g/mol. The predicted octanol–water partition coefficient (Wildman–Crippen LogP) is 6.56. The molecule has 2 atom stereocenters. The third kappa shape index (κ3) is 7.01. The number of nitrogens with one attached hydrogen (secondary N) is 1. The van der Waals surface area contributed by atoms with Crippen LogP contribution >= 0.6 is 11.6 Å². The van der Waals surface area contributed by atoms with Crippen molar-refractivity contribution >= 4 is 29.2 Å². The first-order valence-corrected chi connectivity index (χ1v) is 13.3. The molecule has 0 bridgehead atoms. The van der Waals surface area contributed by atoms with E-state index in [1.807, 2.05) is 0 Å². The standard InChI is InChI=1S/C27H23ClF6N6O4/c1-25(44-23(41)26(29,30)31)9-10-40-22(18(12-25)15-3-6-17(7-4-15)43-27(32,33)34)37-24(38-40)36-16-5-8-19(20(11-16)42-2)39-13-21(28)35-14-39/h3-8,11,13-14,18H,9-10,12H2,1-2H3,(H,36,38)/t18-,25-/m1/s1. The highest BCUT2D eigenvalue weighted by Gasteiger charge is 2.47. The largest absolute Gasteiger partial charge is 0.573 e. The Morgan fingerprint density at radius 2 is 1.84 bits per heavy atom. The van der Waals surface area contributed by atoms with Gasteiger partial charge in [-0.2, -0.15) is 18.2 Å².